The SMILES string of the molecule is NCC1(c2ccncc2C(F)(F)F)CCC(O)CC1. The van der Waals surface area contributed by atoms with Crippen molar-refractivity contribution in [2.75, 3.05) is 6.54 Å². The number of nitrogens with two attached hydrogens (primary N) is 1. The highest BCUT2D eigenvalue weighted by molar-refractivity contribution is 5.35. The summed E-state index contributed by atoms with van der Waals surface area (Å²) in [5, 5.41) is 9.54. The van der Waals surface area contributed by atoms with E-state index in [2.05, 4.69) is 4.98 Å². The summed E-state index contributed by atoms with van der Waals surface area (Å²) in [6.45, 7) is 0.146. The summed E-state index contributed by atoms with van der Waals surface area (Å²) in [5.74, 6) is 0. The lowest BCUT2D eigenvalue weighted by Gasteiger charge is -2.39. The van der Waals surface area contributed by atoms with E-state index in [9.17, 15) is 18.3 Å². The summed E-state index contributed by atoms with van der Waals surface area (Å²) in [6, 6.07) is 1.41. The van der Waals surface area contributed by atoms with Crippen molar-refractivity contribution in [2.45, 2.75) is 43.4 Å². The number of aliphatic hydroxyl groups excluding tert-OH is 1. The van der Waals surface area contributed by atoms with Crippen LogP contribution in [0.15, 0.2) is 18.5 Å². The lowest BCUT2D eigenvalue weighted by molar-refractivity contribution is -0.139. The molecule has 0 aromatic carbocycles. The van der Waals surface area contributed by atoms with Crippen molar-refractivity contribution in [1.29, 1.82) is 0 Å². The summed E-state index contributed by atoms with van der Waals surface area (Å²) in [7, 11) is 0. The molecule has 0 amide bonds. The van der Waals surface area contributed by atoms with Gasteiger partial charge in [0.1, 0.15) is 0 Å². The third-order valence-corrected chi connectivity index (χ3v) is 4.00. The Bertz CT molecular complexity index is 440. The molecule has 0 aliphatic heterocycles. The zero-order chi connectivity index (χ0) is 14.1. The minimum atomic E-state index is -4.43. The van der Waals surface area contributed by atoms with Gasteiger partial charge in [0.25, 0.3) is 0 Å². The van der Waals surface area contributed by atoms with Gasteiger partial charge in [0.2, 0.25) is 0 Å². The van der Waals surface area contributed by atoms with Gasteiger partial charge in [-0.05, 0) is 37.3 Å². The lowest BCUT2D eigenvalue weighted by Crippen LogP contribution is -2.41. The molecule has 1 aliphatic carbocycles. The van der Waals surface area contributed by atoms with E-state index in [1.807, 2.05) is 0 Å². The van der Waals surface area contributed by atoms with E-state index >= 15 is 0 Å². The van der Waals surface area contributed by atoms with Crippen LogP contribution in [0.25, 0.3) is 0 Å². The number of pyridine rings is 1. The van der Waals surface area contributed by atoms with E-state index in [1.54, 1.807) is 0 Å². The van der Waals surface area contributed by atoms with E-state index < -0.39 is 23.3 Å². The zero-order valence-corrected chi connectivity index (χ0v) is 10.5. The molecule has 0 atom stereocenters. The topological polar surface area (TPSA) is 59.1 Å². The number of rotatable bonds is 2. The molecule has 0 radical (unpaired) electrons. The van der Waals surface area contributed by atoms with E-state index in [-0.39, 0.29) is 12.1 Å². The Morgan fingerprint density at radius 2 is 2.00 bits per heavy atom. The largest absolute Gasteiger partial charge is 0.418 e. The number of alkyl halides is 3. The van der Waals surface area contributed by atoms with Crippen LogP contribution >= 0.6 is 0 Å². The van der Waals surface area contributed by atoms with Gasteiger partial charge in [-0.2, -0.15) is 13.2 Å². The first kappa shape index (κ1) is 14.3. The van der Waals surface area contributed by atoms with Crippen LogP contribution in [-0.2, 0) is 11.6 Å². The van der Waals surface area contributed by atoms with Gasteiger partial charge in [0.05, 0.1) is 11.7 Å². The van der Waals surface area contributed by atoms with E-state index in [0.29, 0.717) is 25.7 Å². The van der Waals surface area contributed by atoms with Gasteiger partial charge in [-0.25, -0.2) is 0 Å². The Labute approximate surface area is 109 Å². The monoisotopic (exact) mass is 274 g/mol. The van der Waals surface area contributed by atoms with Crippen LogP contribution in [0.3, 0.4) is 0 Å². The van der Waals surface area contributed by atoms with Crippen LogP contribution in [0, 0.1) is 0 Å². The fourth-order valence-corrected chi connectivity index (χ4v) is 2.82. The molecule has 106 valence electrons. The van der Waals surface area contributed by atoms with Gasteiger partial charge in [0, 0.05) is 24.4 Å². The van der Waals surface area contributed by atoms with Crippen molar-refractivity contribution in [3.8, 4) is 0 Å². The molecule has 1 aromatic heterocycles. The standard InChI is InChI=1S/C13H17F3N2O/c14-13(15,16)11-7-18-6-3-10(11)12(8-17)4-1-9(19)2-5-12/h3,6-7,9,19H,1-2,4-5,8,17H2. The number of hydrogen-bond donors (Lipinski definition) is 2. The van der Waals surface area contributed by atoms with Gasteiger partial charge >= 0.3 is 6.18 Å². The molecule has 3 N–H and O–H groups in total. The highest BCUT2D eigenvalue weighted by atomic mass is 19.4. The van der Waals surface area contributed by atoms with Crippen LogP contribution in [-0.4, -0.2) is 22.7 Å². The summed E-state index contributed by atoms with van der Waals surface area (Å²) in [5.41, 5.74) is 4.56. The highest BCUT2D eigenvalue weighted by Gasteiger charge is 2.42. The fraction of sp³-hybridized carbons (Fsp3) is 0.615. The maximum absolute atomic E-state index is 13.1. The van der Waals surface area contributed by atoms with Crippen LogP contribution in [0.2, 0.25) is 0 Å². The van der Waals surface area contributed by atoms with Crippen molar-refractivity contribution in [3.63, 3.8) is 0 Å². The van der Waals surface area contributed by atoms with Crippen molar-refractivity contribution in [2.24, 2.45) is 5.73 Å². The van der Waals surface area contributed by atoms with Gasteiger partial charge in [-0.15, -0.1) is 0 Å². The van der Waals surface area contributed by atoms with E-state index in [1.165, 1.54) is 12.3 Å². The normalized spacial score (nSPS) is 28.4. The van der Waals surface area contributed by atoms with Crippen molar-refractivity contribution >= 4 is 0 Å². The third-order valence-electron chi connectivity index (χ3n) is 4.00. The van der Waals surface area contributed by atoms with Crippen LogP contribution in [0.5, 0.6) is 0 Å². The molecule has 0 spiro atoms. The van der Waals surface area contributed by atoms with E-state index in [0.717, 1.165) is 6.20 Å². The molecule has 6 heteroatoms. The Morgan fingerprint density at radius 3 is 2.53 bits per heavy atom. The molecule has 0 bridgehead atoms. The number of halogens is 3. The number of nitrogens with zero attached hydrogens (tertiary/aromatic N) is 1. The van der Waals surface area contributed by atoms with Crippen LogP contribution in [0.1, 0.15) is 36.8 Å². The zero-order valence-electron chi connectivity index (χ0n) is 10.5. The van der Waals surface area contributed by atoms with Gasteiger partial charge in [-0.1, -0.05) is 0 Å². The predicted octanol–water partition coefficient (Wildman–Crippen LogP) is 2.23. The average Bonchev–Trinajstić information content (AvgIpc) is 2.39. The Morgan fingerprint density at radius 1 is 1.37 bits per heavy atom. The van der Waals surface area contributed by atoms with Gasteiger partial charge in [-0.3, -0.25) is 4.98 Å². The summed E-state index contributed by atoms with van der Waals surface area (Å²) in [4.78, 5) is 3.58. The number of aliphatic hydroxyl groups is 1. The summed E-state index contributed by atoms with van der Waals surface area (Å²) in [6.07, 6.45) is -0.730. The molecule has 19 heavy (non-hydrogen) atoms. The number of hydrogen-bond acceptors (Lipinski definition) is 3. The second-order valence-corrected chi connectivity index (χ2v) is 5.13. The molecule has 1 aromatic rings. The molecule has 0 saturated heterocycles. The predicted molar refractivity (Wildman–Crippen MR) is 64.4 cm³/mol. The van der Waals surface area contributed by atoms with Crippen LogP contribution < -0.4 is 5.73 Å². The molecule has 2 rings (SSSR count). The minimum Gasteiger partial charge on any atom is -0.393 e. The smallest absolute Gasteiger partial charge is 0.393 e. The molecular weight excluding hydrogens is 257 g/mol. The second-order valence-electron chi connectivity index (χ2n) is 5.13. The van der Waals surface area contributed by atoms with E-state index in [4.69, 9.17) is 5.73 Å². The first-order valence-corrected chi connectivity index (χ1v) is 6.29. The van der Waals surface area contributed by atoms with Gasteiger partial charge in [0.15, 0.2) is 0 Å². The Hall–Kier alpha value is -1.14. The molecule has 0 unspecified atom stereocenters. The van der Waals surface area contributed by atoms with Crippen molar-refractivity contribution < 1.29 is 18.3 Å². The second kappa shape index (κ2) is 5.09. The van der Waals surface area contributed by atoms with Crippen molar-refractivity contribution in [1.82, 2.24) is 4.98 Å². The summed E-state index contributed by atoms with van der Waals surface area (Å²) < 4.78 is 39.2. The molecular formula is C13H17F3N2O. The maximum atomic E-state index is 13.1. The molecule has 3 nitrogen and oxygen atoms in total. The molecule has 1 heterocycles. The van der Waals surface area contributed by atoms with Gasteiger partial charge < -0.3 is 10.8 Å². The Balaban J connectivity index is 2.44. The maximum Gasteiger partial charge on any atom is 0.418 e. The lowest BCUT2D eigenvalue weighted by atomic mass is 9.67. The third kappa shape index (κ3) is 2.74. The molecule has 1 saturated carbocycles. The number of aromatic nitrogens is 1. The first-order valence-electron chi connectivity index (χ1n) is 6.29. The summed E-state index contributed by atoms with van der Waals surface area (Å²) >= 11 is 0. The first-order chi connectivity index (χ1) is 8.89. The van der Waals surface area contributed by atoms with Crippen molar-refractivity contribution in [3.05, 3.63) is 29.6 Å². The van der Waals surface area contributed by atoms with Crippen LogP contribution in [0.4, 0.5) is 13.2 Å². The molecule has 1 aliphatic rings. The average molecular weight is 274 g/mol. The minimum absolute atomic E-state index is 0.146. The highest BCUT2D eigenvalue weighted by Crippen LogP contribution is 2.44. The molecule has 1 fully saturated rings. The fourth-order valence-electron chi connectivity index (χ4n) is 2.82. The Kier molecular flexibility index (Phi) is 3.82. The quantitative estimate of drug-likeness (QED) is 0.869.